The van der Waals surface area contributed by atoms with E-state index in [0.717, 1.165) is 12.8 Å². The van der Waals surface area contributed by atoms with Gasteiger partial charge in [-0.25, -0.2) is 9.78 Å². The van der Waals surface area contributed by atoms with Crippen LogP contribution in [0.3, 0.4) is 0 Å². The highest BCUT2D eigenvalue weighted by Gasteiger charge is 2.23. The third-order valence-electron chi connectivity index (χ3n) is 5.38. The van der Waals surface area contributed by atoms with Crippen molar-refractivity contribution < 1.29 is 9.53 Å². The molecule has 1 atom stereocenters. The molecule has 4 heterocycles. The molecule has 9 heteroatoms. The lowest BCUT2D eigenvalue weighted by Crippen LogP contribution is -2.43. The number of rotatable bonds is 5. The van der Waals surface area contributed by atoms with Crippen LogP contribution >= 0.6 is 11.3 Å². The third-order valence-corrected chi connectivity index (χ3v) is 6.47. The van der Waals surface area contributed by atoms with Crippen LogP contribution in [-0.2, 0) is 22.6 Å². The van der Waals surface area contributed by atoms with Crippen molar-refractivity contribution in [1.29, 1.82) is 0 Å². The van der Waals surface area contributed by atoms with Gasteiger partial charge in [0.25, 0.3) is 5.56 Å². The van der Waals surface area contributed by atoms with Gasteiger partial charge in [0.1, 0.15) is 16.1 Å². The predicted molar refractivity (Wildman–Crippen MR) is 120 cm³/mol. The number of carbonyl (C=O) groups excluding carboxylic acids is 1. The van der Waals surface area contributed by atoms with Gasteiger partial charge in [0, 0.05) is 23.9 Å². The van der Waals surface area contributed by atoms with Crippen LogP contribution in [0.1, 0.15) is 12.8 Å². The number of para-hydroxylation sites is 1. The molecule has 1 aliphatic heterocycles. The highest BCUT2D eigenvalue weighted by Crippen LogP contribution is 2.29. The summed E-state index contributed by atoms with van der Waals surface area (Å²) in [6.45, 7) is 0.592. The monoisotopic (exact) mass is 436 g/mol. The van der Waals surface area contributed by atoms with Gasteiger partial charge in [-0.05, 0) is 37.1 Å². The van der Waals surface area contributed by atoms with Crippen LogP contribution in [-0.4, -0.2) is 32.7 Å². The summed E-state index contributed by atoms with van der Waals surface area (Å²) in [4.78, 5) is 44.4. The molecule has 0 bridgehead atoms. The number of ether oxygens (including phenoxy) is 1. The largest absolute Gasteiger partial charge is 0.376 e. The summed E-state index contributed by atoms with van der Waals surface area (Å²) in [5, 5.41) is 3.50. The van der Waals surface area contributed by atoms with Gasteiger partial charge < -0.3 is 10.1 Å². The molecule has 0 radical (unpaired) electrons. The number of benzene rings is 1. The Morgan fingerprint density at radius 1 is 1.16 bits per heavy atom. The van der Waals surface area contributed by atoms with Crippen LogP contribution in [0.15, 0.2) is 58.3 Å². The van der Waals surface area contributed by atoms with E-state index in [1.807, 2.05) is 24.3 Å². The molecule has 1 aliphatic rings. The number of anilines is 1. The van der Waals surface area contributed by atoms with E-state index in [-0.39, 0.29) is 30.7 Å². The molecule has 3 aromatic heterocycles. The summed E-state index contributed by atoms with van der Waals surface area (Å²) in [5.41, 5.74) is 0.217. The van der Waals surface area contributed by atoms with Crippen molar-refractivity contribution in [2.75, 3.05) is 11.9 Å². The molecule has 0 spiro atoms. The molecule has 4 aromatic rings. The number of nitrogens with zero attached hydrogens (tertiary/aromatic N) is 3. The van der Waals surface area contributed by atoms with Crippen molar-refractivity contribution in [3.8, 4) is 0 Å². The number of fused-ring (bicyclic) bond motifs is 3. The second-order valence-corrected chi connectivity index (χ2v) is 8.47. The second-order valence-electron chi connectivity index (χ2n) is 7.47. The van der Waals surface area contributed by atoms with Crippen LogP contribution < -0.4 is 16.6 Å². The van der Waals surface area contributed by atoms with E-state index >= 15 is 0 Å². The molecule has 1 N–H and O–H groups in total. The van der Waals surface area contributed by atoms with Crippen LogP contribution in [0.25, 0.3) is 20.4 Å². The van der Waals surface area contributed by atoms with Gasteiger partial charge >= 0.3 is 5.69 Å². The topological polar surface area (TPSA) is 95.2 Å². The first-order valence-corrected chi connectivity index (χ1v) is 10.9. The summed E-state index contributed by atoms with van der Waals surface area (Å²) in [6, 6.07) is 12.6. The molecule has 1 amide bonds. The maximum absolute atomic E-state index is 13.4. The minimum absolute atomic E-state index is 0.176. The molecule has 5 rings (SSSR count). The fourth-order valence-electron chi connectivity index (χ4n) is 3.95. The van der Waals surface area contributed by atoms with E-state index in [9.17, 15) is 14.4 Å². The molecule has 0 unspecified atom stereocenters. The van der Waals surface area contributed by atoms with Crippen LogP contribution in [0.2, 0.25) is 0 Å². The number of hydrogen-bond acceptors (Lipinski definition) is 6. The predicted octanol–water partition coefficient (Wildman–Crippen LogP) is 2.59. The van der Waals surface area contributed by atoms with E-state index in [4.69, 9.17) is 4.74 Å². The molecule has 31 heavy (non-hydrogen) atoms. The Bertz CT molecular complexity index is 1380. The number of hydrogen-bond donors (Lipinski definition) is 1. The lowest BCUT2D eigenvalue weighted by atomic mass is 10.2. The first kappa shape index (κ1) is 19.7. The van der Waals surface area contributed by atoms with E-state index < -0.39 is 5.69 Å². The zero-order chi connectivity index (χ0) is 21.4. The van der Waals surface area contributed by atoms with Crippen molar-refractivity contribution >= 4 is 43.4 Å². The van der Waals surface area contributed by atoms with Gasteiger partial charge in [0.2, 0.25) is 5.91 Å². The number of carbonyl (C=O) groups is 1. The quantitative estimate of drug-likeness (QED) is 0.519. The minimum Gasteiger partial charge on any atom is -0.376 e. The fourth-order valence-corrected chi connectivity index (χ4v) is 5.04. The van der Waals surface area contributed by atoms with Crippen molar-refractivity contribution in [3.63, 3.8) is 0 Å². The lowest BCUT2D eigenvalue weighted by Gasteiger charge is -2.15. The molecular weight excluding hydrogens is 416 g/mol. The van der Waals surface area contributed by atoms with Crippen LogP contribution in [0.5, 0.6) is 0 Å². The van der Waals surface area contributed by atoms with E-state index in [1.165, 1.54) is 20.5 Å². The van der Waals surface area contributed by atoms with Gasteiger partial charge in [0.05, 0.1) is 18.2 Å². The minimum atomic E-state index is -0.514. The average molecular weight is 436 g/mol. The molecule has 1 fully saturated rings. The summed E-state index contributed by atoms with van der Waals surface area (Å²) < 4.78 is 8.63. The first-order valence-electron chi connectivity index (χ1n) is 10.1. The number of amides is 1. The molecule has 1 aromatic carbocycles. The molecule has 158 valence electrons. The highest BCUT2D eigenvalue weighted by atomic mass is 32.1. The smallest absolute Gasteiger partial charge is 0.332 e. The third kappa shape index (κ3) is 3.66. The number of nitrogens with one attached hydrogen (secondary N) is 1. The van der Waals surface area contributed by atoms with Crippen molar-refractivity contribution in [2.24, 2.45) is 0 Å². The van der Waals surface area contributed by atoms with Crippen LogP contribution in [0.4, 0.5) is 5.69 Å². The second kappa shape index (κ2) is 8.09. The van der Waals surface area contributed by atoms with Crippen molar-refractivity contribution in [2.45, 2.75) is 32.0 Å². The van der Waals surface area contributed by atoms with Crippen molar-refractivity contribution in [3.05, 3.63) is 69.5 Å². The number of thiophene rings is 1. The maximum atomic E-state index is 13.4. The summed E-state index contributed by atoms with van der Waals surface area (Å²) in [5.74, 6) is -0.347. The lowest BCUT2D eigenvalue weighted by molar-refractivity contribution is -0.116. The maximum Gasteiger partial charge on any atom is 0.332 e. The standard InChI is InChI=1S/C22H20N4O4S/c27-17(24-14-6-2-1-3-7-14)13-25-18-16-9-4-10-23-20(16)31-19(18)21(28)26(22(25)29)12-15-8-5-11-30-15/h1-4,6-7,9-10,15H,5,8,11-13H2,(H,24,27)/t15-/m1/s1. The summed E-state index contributed by atoms with van der Waals surface area (Å²) >= 11 is 1.24. The first-order chi connectivity index (χ1) is 15.1. The van der Waals surface area contributed by atoms with Crippen LogP contribution in [0, 0.1) is 0 Å². The van der Waals surface area contributed by atoms with E-state index in [2.05, 4.69) is 10.3 Å². The van der Waals surface area contributed by atoms with E-state index in [0.29, 0.717) is 32.7 Å². The van der Waals surface area contributed by atoms with Crippen molar-refractivity contribution in [1.82, 2.24) is 14.1 Å². The Kier molecular flexibility index (Phi) is 5.13. The Hall–Kier alpha value is -3.30. The van der Waals surface area contributed by atoms with E-state index in [1.54, 1.807) is 24.4 Å². The zero-order valence-corrected chi connectivity index (χ0v) is 17.4. The van der Waals surface area contributed by atoms with Gasteiger partial charge in [-0.3, -0.25) is 18.7 Å². The molecule has 0 aliphatic carbocycles. The fraction of sp³-hybridized carbons (Fsp3) is 0.273. The Morgan fingerprint density at radius 2 is 2.00 bits per heavy atom. The molecule has 1 saturated heterocycles. The average Bonchev–Trinajstić information content (AvgIpc) is 3.43. The Labute approximate surface area is 180 Å². The normalized spacial score (nSPS) is 16.2. The van der Waals surface area contributed by atoms with Gasteiger partial charge in [-0.15, -0.1) is 11.3 Å². The zero-order valence-electron chi connectivity index (χ0n) is 16.6. The van der Waals surface area contributed by atoms with Gasteiger partial charge in [-0.1, -0.05) is 18.2 Å². The summed E-state index contributed by atoms with van der Waals surface area (Å²) in [7, 11) is 0. The SMILES string of the molecule is O=C(Cn1c(=O)n(C[C@H]2CCCO2)c(=O)c2sc3ncccc3c21)Nc1ccccc1. The number of aromatic nitrogens is 3. The highest BCUT2D eigenvalue weighted by molar-refractivity contribution is 7.25. The molecule has 0 saturated carbocycles. The van der Waals surface area contributed by atoms with Gasteiger partial charge in [-0.2, -0.15) is 0 Å². The Balaban J connectivity index is 1.64. The molecular formula is C22H20N4O4S. The van der Waals surface area contributed by atoms with Gasteiger partial charge in [0.15, 0.2) is 0 Å². The summed E-state index contributed by atoms with van der Waals surface area (Å²) in [6.07, 6.45) is 3.17. The number of pyridine rings is 1. The molecule has 8 nitrogen and oxygen atoms in total. The Morgan fingerprint density at radius 3 is 2.77 bits per heavy atom.